The molecule has 1 aliphatic heterocycles. The molecule has 1 amide bonds. The van der Waals surface area contributed by atoms with E-state index in [0.29, 0.717) is 13.1 Å². The van der Waals surface area contributed by atoms with Gasteiger partial charge in [0.2, 0.25) is 5.91 Å². The van der Waals surface area contributed by atoms with E-state index in [-0.39, 0.29) is 23.6 Å². The van der Waals surface area contributed by atoms with E-state index in [1.165, 1.54) is 41.4 Å². The highest BCUT2D eigenvalue weighted by atomic mass is 32.2. The van der Waals surface area contributed by atoms with Crippen LogP contribution in [-0.4, -0.2) is 62.2 Å². The van der Waals surface area contributed by atoms with Gasteiger partial charge in [0.25, 0.3) is 0 Å². The summed E-state index contributed by atoms with van der Waals surface area (Å²) in [7, 11) is 0. The number of rotatable bonds is 7. The van der Waals surface area contributed by atoms with Gasteiger partial charge in [-0.15, -0.1) is 0 Å². The van der Waals surface area contributed by atoms with Gasteiger partial charge in [-0.3, -0.25) is 24.5 Å². The van der Waals surface area contributed by atoms with Crippen LogP contribution < -0.4 is 5.32 Å². The average Bonchev–Trinajstić information content (AvgIpc) is 3.29. The topological polar surface area (TPSA) is 93.3 Å². The molecule has 138 valence electrons. The van der Waals surface area contributed by atoms with Crippen LogP contribution in [0.25, 0.3) is 0 Å². The fraction of sp³-hybridized carbons (Fsp3) is 0.750. The van der Waals surface area contributed by atoms with Gasteiger partial charge in [0.1, 0.15) is 12.4 Å². The number of aromatic nitrogens is 2. The summed E-state index contributed by atoms with van der Waals surface area (Å²) < 4.78 is 1.45. The van der Waals surface area contributed by atoms with E-state index in [9.17, 15) is 14.9 Å². The molecule has 8 nitrogen and oxygen atoms in total. The Kier molecular flexibility index (Phi) is 5.95. The van der Waals surface area contributed by atoms with E-state index in [1.54, 1.807) is 0 Å². The number of nitrogens with one attached hydrogen (secondary N) is 1. The van der Waals surface area contributed by atoms with Crippen LogP contribution in [0.2, 0.25) is 0 Å². The molecule has 9 heteroatoms. The number of carbonyl (C=O) groups excluding carboxylic acids is 1. The SMILES string of the molecule is O=C(CCn1cc([N+](=O)[O-])cn1)NCC1(N2CCSCC2)CCCC1. The zero-order valence-corrected chi connectivity index (χ0v) is 15.2. The van der Waals surface area contributed by atoms with Crippen LogP contribution in [0.5, 0.6) is 0 Å². The number of nitrogens with zero attached hydrogens (tertiary/aromatic N) is 4. The average molecular weight is 367 g/mol. The molecule has 0 unspecified atom stereocenters. The van der Waals surface area contributed by atoms with Crippen molar-refractivity contribution in [2.75, 3.05) is 31.1 Å². The Bertz CT molecular complexity index is 609. The normalized spacial score (nSPS) is 20.5. The van der Waals surface area contributed by atoms with Crippen molar-refractivity contribution in [1.82, 2.24) is 20.0 Å². The van der Waals surface area contributed by atoms with Gasteiger partial charge in [-0.1, -0.05) is 12.8 Å². The van der Waals surface area contributed by atoms with Gasteiger partial charge in [-0.25, -0.2) is 0 Å². The van der Waals surface area contributed by atoms with E-state index in [4.69, 9.17) is 0 Å². The molecular weight excluding hydrogens is 342 g/mol. The number of carbonyl (C=O) groups is 1. The van der Waals surface area contributed by atoms with E-state index in [1.807, 2.05) is 11.8 Å². The highest BCUT2D eigenvalue weighted by molar-refractivity contribution is 7.99. The van der Waals surface area contributed by atoms with Crippen molar-refractivity contribution in [1.29, 1.82) is 0 Å². The van der Waals surface area contributed by atoms with E-state index in [0.717, 1.165) is 25.9 Å². The molecule has 0 bridgehead atoms. The summed E-state index contributed by atoms with van der Waals surface area (Å²) in [5.74, 6) is 2.33. The Morgan fingerprint density at radius 2 is 2.08 bits per heavy atom. The van der Waals surface area contributed by atoms with E-state index >= 15 is 0 Å². The minimum Gasteiger partial charge on any atom is -0.354 e. The third-order valence-electron chi connectivity index (χ3n) is 5.23. The lowest BCUT2D eigenvalue weighted by atomic mass is 9.94. The molecule has 1 saturated carbocycles. The molecule has 0 spiro atoms. The summed E-state index contributed by atoms with van der Waals surface area (Å²) in [6.07, 6.45) is 7.63. The maximum Gasteiger partial charge on any atom is 0.306 e. The second kappa shape index (κ2) is 8.18. The summed E-state index contributed by atoms with van der Waals surface area (Å²) in [5, 5.41) is 17.7. The summed E-state index contributed by atoms with van der Waals surface area (Å²) in [4.78, 5) is 25.0. The summed E-state index contributed by atoms with van der Waals surface area (Å²) in [6.45, 7) is 3.28. The van der Waals surface area contributed by atoms with Crippen LogP contribution >= 0.6 is 11.8 Å². The van der Waals surface area contributed by atoms with Gasteiger partial charge >= 0.3 is 5.69 Å². The number of thioether (sulfide) groups is 1. The van der Waals surface area contributed by atoms with Crippen LogP contribution in [0, 0.1) is 10.1 Å². The third-order valence-corrected chi connectivity index (χ3v) is 6.17. The van der Waals surface area contributed by atoms with Gasteiger partial charge in [-0.05, 0) is 12.8 Å². The Morgan fingerprint density at radius 3 is 2.72 bits per heavy atom. The molecule has 25 heavy (non-hydrogen) atoms. The van der Waals surface area contributed by atoms with Gasteiger partial charge in [-0.2, -0.15) is 16.9 Å². The van der Waals surface area contributed by atoms with Gasteiger partial charge in [0, 0.05) is 49.6 Å². The van der Waals surface area contributed by atoms with Gasteiger partial charge < -0.3 is 5.32 Å². The molecule has 1 aromatic rings. The van der Waals surface area contributed by atoms with Crippen LogP contribution in [0.3, 0.4) is 0 Å². The van der Waals surface area contributed by atoms with Crippen molar-refractivity contribution in [3.05, 3.63) is 22.5 Å². The third kappa shape index (κ3) is 4.52. The minimum absolute atomic E-state index is 0.0178. The zero-order chi connectivity index (χ0) is 17.7. The Balaban J connectivity index is 1.48. The lowest BCUT2D eigenvalue weighted by Crippen LogP contribution is -2.56. The van der Waals surface area contributed by atoms with Crippen molar-refractivity contribution in [2.45, 2.75) is 44.2 Å². The first kappa shape index (κ1) is 18.2. The first-order valence-corrected chi connectivity index (χ1v) is 10.0. The molecule has 1 aliphatic carbocycles. The minimum atomic E-state index is -0.482. The van der Waals surface area contributed by atoms with Crippen molar-refractivity contribution in [3.8, 4) is 0 Å². The molecule has 2 aliphatic rings. The van der Waals surface area contributed by atoms with Crippen LogP contribution in [0.4, 0.5) is 5.69 Å². The molecule has 0 atom stereocenters. The number of nitro groups is 1. The molecule has 0 aromatic carbocycles. The Hall–Kier alpha value is -1.61. The molecule has 3 rings (SSSR count). The van der Waals surface area contributed by atoms with Crippen molar-refractivity contribution >= 4 is 23.4 Å². The fourth-order valence-electron chi connectivity index (χ4n) is 3.81. The standard InChI is InChI=1S/C16H25N5O3S/c22-15(3-6-20-12-14(11-18-20)21(23)24)17-13-16(4-1-2-5-16)19-7-9-25-10-8-19/h11-12H,1-10,13H2,(H,17,22). The van der Waals surface area contributed by atoms with Crippen LogP contribution in [0.15, 0.2) is 12.4 Å². The molecule has 1 N–H and O–H groups in total. The monoisotopic (exact) mass is 367 g/mol. The molecule has 0 radical (unpaired) electrons. The number of hydrogen-bond donors (Lipinski definition) is 1. The second-order valence-corrected chi connectivity index (χ2v) is 8.00. The van der Waals surface area contributed by atoms with Crippen molar-refractivity contribution in [2.24, 2.45) is 0 Å². The fourth-order valence-corrected chi connectivity index (χ4v) is 4.72. The van der Waals surface area contributed by atoms with E-state index in [2.05, 4.69) is 15.3 Å². The first-order chi connectivity index (χ1) is 12.1. The Morgan fingerprint density at radius 1 is 1.36 bits per heavy atom. The number of aryl methyl sites for hydroxylation is 1. The molecule has 1 saturated heterocycles. The highest BCUT2D eigenvalue weighted by Gasteiger charge is 2.40. The lowest BCUT2D eigenvalue weighted by Gasteiger charge is -2.43. The highest BCUT2D eigenvalue weighted by Crippen LogP contribution is 2.36. The second-order valence-electron chi connectivity index (χ2n) is 6.78. The summed E-state index contributed by atoms with van der Waals surface area (Å²) in [6, 6.07) is 0. The smallest absolute Gasteiger partial charge is 0.306 e. The summed E-state index contributed by atoms with van der Waals surface area (Å²) >= 11 is 2.00. The predicted molar refractivity (Wildman–Crippen MR) is 96.6 cm³/mol. The molecular formula is C16H25N5O3S. The van der Waals surface area contributed by atoms with Crippen molar-refractivity contribution < 1.29 is 9.72 Å². The van der Waals surface area contributed by atoms with Crippen LogP contribution in [-0.2, 0) is 11.3 Å². The lowest BCUT2D eigenvalue weighted by molar-refractivity contribution is -0.385. The molecule has 1 aromatic heterocycles. The quantitative estimate of drug-likeness (QED) is 0.582. The molecule has 2 heterocycles. The predicted octanol–water partition coefficient (Wildman–Crippen LogP) is 1.66. The largest absolute Gasteiger partial charge is 0.354 e. The Labute approximate surface area is 151 Å². The first-order valence-electron chi connectivity index (χ1n) is 8.85. The van der Waals surface area contributed by atoms with Gasteiger partial charge in [0.15, 0.2) is 0 Å². The zero-order valence-electron chi connectivity index (χ0n) is 14.4. The van der Waals surface area contributed by atoms with Gasteiger partial charge in [0.05, 0.1) is 4.92 Å². The number of amides is 1. The maximum atomic E-state index is 12.2. The van der Waals surface area contributed by atoms with Crippen LogP contribution in [0.1, 0.15) is 32.1 Å². The van der Waals surface area contributed by atoms with E-state index < -0.39 is 4.92 Å². The summed E-state index contributed by atoms with van der Waals surface area (Å²) in [5.41, 5.74) is 0.0782. The van der Waals surface area contributed by atoms with Crippen molar-refractivity contribution in [3.63, 3.8) is 0 Å². The molecule has 2 fully saturated rings. The maximum absolute atomic E-state index is 12.2. The number of hydrogen-bond acceptors (Lipinski definition) is 6.